The Morgan fingerprint density at radius 1 is 0.500 bits per heavy atom. The molecule has 3 unspecified atom stereocenters. The fourth-order valence-electron chi connectivity index (χ4n) is 6.14. The summed E-state index contributed by atoms with van der Waals surface area (Å²) in [6.45, 7) is 4.11. The van der Waals surface area contributed by atoms with Crippen LogP contribution < -0.4 is 5.32 Å². The molecule has 0 spiro atoms. The minimum atomic E-state index is -1.10. The minimum Gasteiger partial charge on any atom is -0.394 e. The van der Waals surface area contributed by atoms with E-state index in [9.17, 15) is 20.1 Å². The first-order chi connectivity index (χ1) is 23.6. The summed E-state index contributed by atoms with van der Waals surface area (Å²) in [7, 11) is 0. The van der Waals surface area contributed by atoms with Crippen molar-refractivity contribution in [2.45, 2.75) is 225 Å². The molecule has 0 radical (unpaired) electrons. The van der Waals surface area contributed by atoms with Crippen molar-refractivity contribution in [3.05, 3.63) is 36.5 Å². The second kappa shape index (κ2) is 38.4. The highest BCUT2D eigenvalue weighted by atomic mass is 16.3. The van der Waals surface area contributed by atoms with Crippen molar-refractivity contribution >= 4 is 5.91 Å². The lowest BCUT2D eigenvalue weighted by molar-refractivity contribution is -0.131. The first-order valence-corrected chi connectivity index (χ1v) is 20.8. The van der Waals surface area contributed by atoms with E-state index in [4.69, 9.17) is 0 Å². The van der Waals surface area contributed by atoms with Gasteiger partial charge in [-0.3, -0.25) is 4.79 Å². The largest absolute Gasteiger partial charge is 0.394 e. The number of hydrogen-bond acceptors (Lipinski definition) is 4. The van der Waals surface area contributed by atoms with Crippen molar-refractivity contribution in [3.63, 3.8) is 0 Å². The number of aliphatic hydroxyl groups is 3. The first-order valence-electron chi connectivity index (χ1n) is 20.8. The molecule has 0 aliphatic carbocycles. The van der Waals surface area contributed by atoms with E-state index in [2.05, 4.69) is 43.5 Å². The van der Waals surface area contributed by atoms with E-state index in [1.807, 2.05) is 6.08 Å². The number of hydrogen-bond donors (Lipinski definition) is 4. The molecule has 0 saturated carbocycles. The molecule has 5 heteroatoms. The molecule has 0 rings (SSSR count). The number of carbonyl (C=O) groups excluding carboxylic acids is 1. The van der Waals surface area contributed by atoms with E-state index < -0.39 is 24.2 Å². The van der Waals surface area contributed by atoms with Crippen LogP contribution in [0.3, 0.4) is 0 Å². The van der Waals surface area contributed by atoms with Gasteiger partial charge in [0, 0.05) is 0 Å². The van der Waals surface area contributed by atoms with E-state index in [1.54, 1.807) is 6.08 Å². The zero-order chi connectivity index (χ0) is 35.2. The number of rotatable bonds is 37. The van der Waals surface area contributed by atoms with Gasteiger partial charge >= 0.3 is 0 Å². The summed E-state index contributed by atoms with van der Waals surface area (Å²) in [4.78, 5) is 12.4. The van der Waals surface area contributed by atoms with Crippen molar-refractivity contribution in [3.8, 4) is 0 Å². The van der Waals surface area contributed by atoms with Crippen LogP contribution >= 0.6 is 0 Å². The molecule has 0 bridgehead atoms. The van der Waals surface area contributed by atoms with Gasteiger partial charge in [-0.15, -0.1) is 0 Å². The Morgan fingerprint density at radius 3 is 1.25 bits per heavy atom. The van der Waals surface area contributed by atoms with E-state index in [-0.39, 0.29) is 6.61 Å². The predicted octanol–water partition coefficient (Wildman–Crippen LogP) is 11.6. The second-order valence-corrected chi connectivity index (χ2v) is 14.2. The Kier molecular flexibility index (Phi) is 37.2. The molecule has 0 aromatic heterocycles. The average Bonchev–Trinajstić information content (AvgIpc) is 3.09. The van der Waals surface area contributed by atoms with Gasteiger partial charge in [-0.25, -0.2) is 0 Å². The highest BCUT2D eigenvalue weighted by molar-refractivity contribution is 5.80. The van der Waals surface area contributed by atoms with Gasteiger partial charge in [0.05, 0.1) is 18.8 Å². The van der Waals surface area contributed by atoms with Gasteiger partial charge in [0.2, 0.25) is 5.91 Å². The lowest BCUT2D eigenvalue weighted by Gasteiger charge is -2.21. The SMILES string of the molecule is CCCC/C=C/CC/C=C/CC/C=C/C(O)C(CO)NC(=O)C(O)CCCCCCCCCCCCCCCCCCCCCCCC. The van der Waals surface area contributed by atoms with Gasteiger partial charge in [0.25, 0.3) is 0 Å². The number of carbonyl (C=O) groups is 1. The topological polar surface area (TPSA) is 89.8 Å². The van der Waals surface area contributed by atoms with Crippen molar-refractivity contribution in [1.29, 1.82) is 0 Å². The molecule has 0 saturated heterocycles. The monoisotopic (exact) mass is 676 g/mol. The van der Waals surface area contributed by atoms with Gasteiger partial charge in [0.15, 0.2) is 0 Å². The summed E-state index contributed by atoms with van der Waals surface area (Å²) in [6, 6.07) is -0.817. The van der Waals surface area contributed by atoms with Crippen molar-refractivity contribution < 1.29 is 20.1 Å². The number of unbranched alkanes of at least 4 members (excludes halogenated alkanes) is 25. The molecule has 0 aromatic carbocycles. The van der Waals surface area contributed by atoms with Gasteiger partial charge in [-0.1, -0.05) is 204 Å². The summed E-state index contributed by atoms with van der Waals surface area (Å²) >= 11 is 0. The molecule has 1 amide bonds. The molecule has 0 aromatic rings. The fourth-order valence-corrected chi connectivity index (χ4v) is 6.14. The molecular weight excluding hydrogens is 594 g/mol. The van der Waals surface area contributed by atoms with E-state index in [0.29, 0.717) is 6.42 Å². The second-order valence-electron chi connectivity index (χ2n) is 14.2. The van der Waals surface area contributed by atoms with Crippen molar-refractivity contribution in [2.75, 3.05) is 6.61 Å². The highest BCUT2D eigenvalue weighted by Crippen LogP contribution is 2.16. The zero-order valence-corrected chi connectivity index (χ0v) is 31.9. The molecule has 0 aliphatic rings. The molecule has 4 N–H and O–H groups in total. The van der Waals surface area contributed by atoms with Gasteiger partial charge in [0.1, 0.15) is 6.10 Å². The number of nitrogens with one attached hydrogen (secondary N) is 1. The van der Waals surface area contributed by atoms with Crippen molar-refractivity contribution in [1.82, 2.24) is 5.32 Å². The van der Waals surface area contributed by atoms with Crippen LogP contribution in [0.1, 0.15) is 206 Å². The van der Waals surface area contributed by atoms with Crippen LogP contribution in [0.15, 0.2) is 36.5 Å². The fraction of sp³-hybridized carbons (Fsp3) is 0.837. The maximum atomic E-state index is 12.4. The Balaban J connectivity index is 3.65. The molecule has 5 nitrogen and oxygen atoms in total. The summed E-state index contributed by atoms with van der Waals surface area (Å²) < 4.78 is 0. The molecule has 48 heavy (non-hydrogen) atoms. The number of allylic oxidation sites excluding steroid dienone is 5. The molecule has 0 aliphatic heterocycles. The first kappa shape index (κ1) is 46.6. The lowest BCUT2D eigenvalue weighted by Crippen LogP contribution is -2.48. The average molecular weight is 676 g/mol. The third kappa shape index (κ3) is 33.1. The zero-order valence-electron chi connectivity index (χ0n) is 31.9. The molecule has 0 heterocycles. The smallest absolute Gasteiger partial charge is 0.249 e. The van der Waals surface area contributed by atoms with E-state index in [1.165, 1.54) is 141 Å². The Bertz CT molecular complexity index is 749. The summed E-state index contributed by atoms with van der Waals surface area (Å²) in [5.41, 5.74) is 0. The predicted molar refractivity (Wildman–Crippen MR) is 208 cm³/mol. The third-order valence-electron chi connectivity index (χ3n) is 9.46. The Morgan fingerprint density at radius 2 is 0.854 bits per heavy atom. The van der Waals surface area contributed by atoms with Gasteiger partial charge < -0.3 is 20.6 Å². The van der Waals surface area contributed by atoms with Crippen LogP contribution in [0.4, 0.5) is 0 Å². The van der Waals surface area contributed by atoms with E-state index >= 15 is 0 Å². The van der Waals surface area contributed by atoms with Crippen LogP contribution in [0.25, 0.3) is 0 Å². The Hall–Kier alpha value is -1.43. The van der Waals surface area contributed by atoms with Gasteiger partial charge in [-0.2, -0.15) is 0 Å². The normalized spacial score (nSPS) is 14.0. The third-order valence-corrected chi connectivity index (χ3v) is 9.46. The van der Waals surface area contributed by atoms with E-state index in [0.717, 1.165) is 44.9 Å². The van der Waals surface area contributed by atoms with Crippen LogP contribution in [0, 0.1) is 0 Å². The minimum absolute atomic E-state index is 0.380. The molecule has 3 atom stereocenters. The molecule has 0 fully saturated rings. The standard InChI is InChI=1S/C43H81NO4/c1-3-5-7-9-11-13-15-17-18-19-20-21-22-23-24-25-26-28-30-32-34-36-38-42(47)43(48)44-40(39-45)41(46)37-35-33-31-29-27-16-14-12-10-8-6-4-2/h10,12,27,29,35,37,40-42,45-47H,3-9,11,13-26,28,30-34,36,38-39H2,1-2H3,(H,44,48)/b12-10+,29-27+,37-35+. The maximum absolute atomic E-state index is 12.4. The quantitative estimate of drug-likeness (QED) is 0.0390. The van der Waals surface area contributed by atoms with Crippen LogP contribution in [-0.4, -0.2) is 46.1 Å². The summed E-state index contributed by atoms with van der Waals surface area (Å²) in [5.74, 6) is -0.517. The van der Waals surface area contributed by atoms with Crippen molar-refractivity contribution in [2.24, 2.45) is 0 Å². The maximum Gasteiger partial charge on any atom is 0.249 e. The van der Waals surface area contributed by atoms with Crippen LogP contribution in [-0.2, 0) is 4.79 Å². The Labute approximate surface area is 298 Å². The van der Waals surface area contributed by atoms with Crippen LogP contribution in [0.2, 0.25) is 0 Å². The van der Waals surface area contributed by atoms with Crippen LogP contribution in [0.5, 0.6) is 0 Å². The molecular formula is C43H81NO4. The summed E-state index contributed by atoms with van der Waals surface area (Å²) in [5, 5.41) is 33.0. The number of amides is 1. The van der Waals surface area contributed by atoms with Gasteiger partial charge in [-0.05, 0) is 38.5 Å². The highest BCUT2D eigenvalue weighted by Gasteiger charge is 2.22. The lowest BCUT2D eigenvalue weighted by atomic mass is 10.0. The summed E-state index contributed by atoms with van der Waals surface area (Å²) in [6.07, 6.45) is 47.5. The molecule has 282 valence electrons. The number of aliphatic hydroxyl groups excluding tert-OH is 3.